The molecule has 128 valence electrons. The van der Waals surface area contributed by atoms with Crippen molar-refractivity contribution in [3.8, 4) is 0 Å². The molecule has 23 heavy (non-hydrogen) atoms. The lowest BCUT2D eigenvalue weighted by molar-refractivity contribution is -0.146. The number of carbonyl (C=O) groups excluding carboxylic acids is 2. The van der Waals surface area contributed by atoms with Crippen molar-refractivity contribution in [2.45, 2.75) is 51.9 Å². The Balaban J connectivity index is 2.40. The van der Waals surface area contributed by atoms with Gasteiger partial charge in [0.25, 0.3) is 0 Å². The SMILES string of the molecule is CC(=O)O[C@H]1C[C@H](O)/C(C)=C\C[C@@H]2[C@H](C=C1CO)OC(=O)[C@@H]2C. The zero-order valence-electron chi connectivity index (χ0n) is 13.7. The average molecular weight is 324 g/mol. The lowest BCUT2D eigenvalue weighted by Gasteiger charge is -2.26. The van der Waals surface area contributed by atoms with E-state index in [9.17, 15) is 19.8 Å². The van der Waals surface area contributed by atoms with Gasteiger partial charge < -0.3 is 19.7 Å². The summed E-state index contributed by atoms with van der Waals surface area (Å²) >= 11 is 0. The summed E-state index contributed by atoms with van der Waals surface area (Å²) in [6, 6.07) is 0. The Morgan fingerprint density at radius 1 is 1.48 bits per heavy atom. The van der Waals surface area contributed by atoms with Crippen LogP contribution in [-0.2, 0) is 19.1 Å². The molecule has 1 saturated heterocycles. The first kappa shape index (κ1) is 17.7. The lowest BCUT2D eigenvalue weighted by Crippen LogP contribution is -2.29. The predicted molar refractivity (Wildman–Crippen MR) is 82.3 cm³/mol. The minimum Gasteiger partial charge on any atom is -0.458 e. The Morgan fingerprint density at radius 3 is 2.78 bits per heavy atom. The second kappa shape index (κ2) is 7.27. The zero-order valence-corrected chi connectivity index (χ0v) is 13.7. The Labute approximate surface area is 135 Å². The fourth-order valence-electron chi connectivity index (χ4n) is 3.08. The topological polar surface area (TPSA) is 93.1 Å². The van der Waals surface area contributed by atoms with Gasteiger partial charge in [-0.05, 0) is 30.6 Å². The van der Waals surface area contributed by atoms with Crippen LogP contribution in [0.1, 0.15) is 33.6 Å². The minimum absolute atomic E-state index is 0.0673. The van der Waals surface area contributed by atoms with E-state index in [1.165, 1.54) is 6.92 Å². The maximum atomic E-state index is 11.9. The highest BCUT2D eigenvalue weighted by Gasteiger charge is 2.41. The molecular weight excluding hydrogens is 300 g/mol. The van der Waals surface area contributed by atoms with Crippen LogP contribution in [0.25, 0.3) is 0 Å². The van der Waals surface area contributed by atoms with Gasteiger partial charge in [-0.2, -0.15) is 0 Å². The van der Waals surface area contributed by atoms with Crippen LogP contribution in [-0.4, -0.2) is 47.1 Å². The molecule has 0 aromatic rings. The number of rotatable bonds is 2. The number of fused-ring (bicyclic) bond motifs is 1. The van der Waals surface area contributed by atoms with Crippen molar-refractivity contribution < 1.29 is 29.3 Å². The number of aliphatic hydroxyl groups excluding tert-OH is 2. The highest BCUT2D eigenvalue weighted by atomic mass is 16.6. The third-order valence-electron chi connectivity index (χ3n) is 4.65. The van der Waals surface area contributed by atoms with Gasteiger partial charge in [0.05, 0.1) is 18.6 Å². The summed E-state index contributed by atoms with van der Waals surface area (Å²) in [6.07, 6.45) is 2.35. The van der Waals surface area contributed by atoms with Gasteiger partial charge in [0.1, 0.15) is 12.2 Å². The molecule has 0 radical (unpaired) electrons. The first-order valence-corrected chi connectivity index (χ1v) is 7.87. The van der Waals surface area contributed by atoms with Crippen molar-refractivity contribution in [1.82, 2.24) is 0 Å². The highest BCUT2D eigenvalue weighted by molar-refractivity contribution is 5.75. The normalized spacial score (nSPS) is 37.1. The summed E-state index contributed by atoms with van der Waals surface area (Å²) in [5.41, 5.74) is 1.21. The van der Waals surface area contributed by atoms with Crippen LogP contribution in [0.2, 0.25) is 0 Å². The van der Waals surface area contributed by atoms with Crippen LogP contribution >= 0.6 is 0 Å². The van der Waals surface area contributed by atoms with E-state index in [0.717, 1.165) is 5.57 Å². The molecule has 2 aliphatic rings. The molecule has 0 aromatic carbocycles. The molecular formula is C17H24O6. The van der Waals surface area contributed by atoms with Gasteiger partial charge in [-0.1, -0.05) is 13.0 Å². The molecule has 0 unspecified atom stereocenters. The fraction of sp³-hybridized carbons (Fsp3) is 0.647. The maximum Gasteiger partial charge on any atom is 0.309 e. The van der Waals surface area contributed by atoms with Crippen LogP contribution < -0.4 is 0 Å². The van der Waals surface area contributed by atoms with Crippen LogP contribution in [0.15, 0.2) is 23.3 Å². The molecule has 1 aliphatic heterocycles. The molecule has 1 fully saturated rings. The van der Waals surface area contributed by atoms with E-state index >= 15 is 0 Å². The van der Waals surface area contributed by atoms with E-state index in [4.69, 9.17) is 9.47 Å². The number of hydrogen-bond donors (Lipinski definition) is 2. The van der Waals surface area contributed by atoms with E-state index in [1.807, 2.05) is 13.0 Å². The standard InChI is InChI=1S/C17H24O6/c1-9-4-5-13-10(2)17(21)23-16(13)6-12(8-18)15(7-14(9)20)22-11(3)19/h4,6,10,13-16,18,20H,5,7-8H2,1-3H3/b9-4-,12-6?/t10-,13+,14+,15+,16+/m1/s1. The largest absolute Gasteiger partial charge is 0.458 e. The predicted octanol–water partition coefficient (Wildman–Crippen LogP) is 1.12. The van der Waals surface area contributed by atoms with E-state index in [1.54, 1.807) is 13.0 Å². The Kier molecular flexibility index (Phi) is 5.59. The fourth-order valence-corrected chi connectivity index (χ4v) is 3.08. The van der Waals surface area contributed by atoms with E-state index < -0.39 is 24.3 Å². The van der Waals surface area contributed by atoms with Crippen molar-refractivity contribution in [2.24, 2.45) is 11.8 Å². The molecule has 0 aromatic heterocycles. The van der Waals surface area contributed by atoms with Crippen LogP contribution in [0.4, 0.5) is 0 Å². The van der Waals surface area contributed by atoms with Crippen LogP contribution in [0.3, 0.4) is 0 Å². The summed E-state index contributed by atoms with van der Waals surface area (Å²) in [5.74, 6) is -1.09. The zero-order chi connectivity index (χ0) is 17.1. The van der Waals surface area contributed by atoms with Crippen molar-refractivity contribution in [2.75, 3.05) is 6.61 Å². The molecule has 0 saturated carbocycles. The number of allylic oxidation sites excluding steroid dienone is 1. The second-order valence-corrected chi connectivity index (χ2v) is 6.29. The second-order valence-electron chi connectivity index (χ2n) is 6.29. The first-order valence-electron chi connectivity index (χ1n) is 7.87. The third-order valence-corrected chi connectivity index (χ3v) is 4.65. The van der Waals surface area contributed by atoms with Crippen molar-refractivity contribution in [1.29, 1.82) is 0 Å². The van der Waals surface area contributed by atoms with E-state index in [2.05, 4.69) is 0 Å². The lowest BCUT2D eigenvalue weighted by atomic mass is 9.85. The smallest absolute Gasteiger partial charge is 0.309 e. The molecule has 2 rings (SSSR count). The molecule has 0 amide bonds. The van der Waals surface area contributed by atoms with Gasteiger partial charge >= 0.3 is 11.9 Å². The summed E-state index contributed by atoms with van der Waals surface area (Å²) in [7, 11) is 0. The van der Waals surface area contributed by atoms with Crippen LogP contribution in [0, 0.1) is 11.8 Å². The van der Waals surface area contributed by atoms with Gasteiger partial charge in [0.15, 0.2) is 0 Å². The van der Waals surface area contributed by atoms with Gasteiger partial charge in [0.2, 0.25) is 0 Å². The average Bonchev–Trinajstić information content (AvgIpc) is 2.75. The molecule has 5 atom stereocenters. The summed E-state index contributed by atoms with van der Waals surface area (Å²) in [4.78, 5) is 23.2. The quantitative estimate of drug-likeness (QED) is 0.584. The van der Waals surface area contributed by atoms with Gasteiger partial charge in [0, 0.05) is 19.3 Å². The van der Waals surface area contributed by atoms with Crippen molar-refractivity contribution >= 4 is 11.9 Å². The van der Waals surface area contributed by atoms with Gasteiger partial charge in [-0.25, -0.2) is 0 Å². The number of carbonyl (C=O) groups is 2. The maximum absolute atomic E-state index is 11.9. The first-order chi connectivity index (χ1) is 10.8. The van der Waals surface area contributed by atoms with Crippen molar-refractivity contribution in [3.05, 3.63) is 23.3 Å². The third kappa shape index (κ3) is 4.00. The molecule has 0 spiro atoms. The van der Waals surface area contributed by atoms with E-state index in [-0.39, 0.29) is 30.8 Å². The summed E-state index contributed by atoms with van der Waals surface area (Å²) in [6.45, 7) is 4.57. The molecule has 2 N–H and O–H groups in total. The van der Waals surface area contributed by atoms with Gasteiger partial charge in [-0.15, -0.1) is 0 Å². The van der Waals surface area contributed by atoms with E-state index in [0.29, 0.717) is 12.0 Å². The molecule has 6 heteroatoms. The monoisotopic (exact) mass is 324 g/mol. The molecule has 6 nitrogen and oxygen atoms in total. The Bertz CT molecular complexity index is 535. The molecule has 1 aliphatic carbocycles. The van der Waals surface area contributed by atoms with Crippen molar-refractivity contribution in [3.63, 3.8) is 0 Å². The number of ether oxygens (including phenoxy) is 2. The number of hydrogen-bond acceptors (Lipinski definition) is 6. The summed E-state index contributed by atoms with van der Waals surface area (Å²) < 4.78 is 10.7. The molecule has 0 bridgehead atoms. The minimum atomic E-state index is -0.779. The number of aliphatic hydroxyl groups is 2. The highest BCUT2D eigenvalue weighted by Crippen LogP contribution is 2.34. The van der Waals surface area contributed by atoms with Crippen LogP contribution in [0.5, 0.6) is 0 Å². The summed E-state index contributed by atoms with van der Waals surface area (Å²) in [5, 5.41) is 19.9. The Hall–Kier alpha value is -1.66. The molecule has 1 heterocycles. The van der Waals surface area contributed by atoms with Gasteiger partial charge in [-0.3, -0.25) is 9.59 Å². The number of esters is 2. The Morgan fingerprint density at radius 2 is 2.17 bits per heavy atom.